The van der Waals surface area contributed by atoms with Crippen LogP contribution in [0, 0.1) is 17.6 Å². The van der Waals surface area contributed by atoms with Crippen LogP contribution in [0.15, 0.2) is 36.5 Å². The van der Waals surface area contributed by atoms with Gasteiger partial charge >= 0.3 is 0 Å². The van der Waals surface area contributed by atoms with Crippen molar-refractivity contribution in [2.45, 2.75) is 12.5 Å². The highest BCUT2D eigenvalue weighted by atomic mass is 19.1. The minimum Gasteiger partial charge on any atom is -0.383 e. The second-order valence-electron chi connectivity index (χ2n) is 4.95. The number of nitrogens with zero attached hydrogens (tertiary/aromatic N) is 1. The molecular weight excluding hydrogens is 297 g/mol. The van der Waals surface area contributed by atoms with Crippen LogP contribution >= 0.6 is 0 Å². The Kier molecular flexibility index (Phi) is 4.46. The first-order valence-electron chi connectivity index (χ1n) is 6.37. The molecule has 0 aliphatic rings. The van der Waals surface area contributed by atoms with E-state index in [9.17, 15) is 23.1 Å². The number of pyridine rings is 1. The fourth-order valence-corrected chi connectivity index (χ4v) is 1.89. The monoisotopic (exact) mass is 310 g/mol. The van der Waals surface area contributed by atoms with Crippen LogP contribution in [0.25, 0.3) is 0 Å². The number of nitrogens with one attached hydrogen (secondary N) is 1. The van der Waals surface area contributed by atoms with Gasteiger partial charge in [0.05, 0.1) is 12.1 Å². The molecule has 22 heavy (non-hydrogen) atoms. The maximum absolute atomic E-state index is 13.7. The smallest absolute Gasteiger partial charge is 0.252 e. The van der Waals surface area contributed by atoms with Crippen LogP contribution in [0.3, 0.4) is 0 Å². The summed E-state index contributed by atoms with van der Waals surface area (Å²) in [4.78, 5) is 15.2. The predicted octanol–water partition coefficient (Wildman–Crippen LogP) is 2.14. The average Bonchev–Trinajstić information content (AvgIpc) is 2.45. The van der Waals surface area contributed by atoms with Gasteiger partial charge in [-0.15, -0.1) is 0 Å². The SMILES string of the molecule is CC(O)(CNC(=O)c1ccc(F)nc1)c1ccc(F)cc1F. The van der Waals surface area contributed by atoms with E-state index in [-0.39, 0.29) is 17.7 Å². The van der Waals surface area contributed by atoms with E-state index in [4.69, 9.17) is 0 Å². The van der Waals surface area contributed by atoms with Crippen LogP contribution < -0.4 is 5.32 Å². The third-order valence-corrected chi connectivity index (χ3v) is 3.09. The third-order valence-electron chi connectivity index (χ3n) is 3.09. The molecule has 2 N–H and O–H groups in total. The van der Waals surface area contributed by atoms with E-state index < -0.39 is 29.1 Å². The van der Waals surface area contributed by atoms with Crippen molar-refractivity contribution in [3.05, 3.63) is 65.2 Å². The zero-order valence-electron chi connectivity index (χ0n) is 11.6. The summed E-state index contributed by atoms with van der Waals surface area (Å²) in [5, 5.41) is 12.6. The quantitative estimate of drug-likeness (QED) is 0.851. The summed E-state index contributed by atoms with van der Waals surface area (Å²) >= 11 is 0. The number of hydrogen-bond donors (Lipinski definition) is 2. The Morgan fingerprint density at radius 1 is 1.27 bits per heavy atom. The summed E-state index contributed by atoms with van der Waals surface area (Å²) in [6, 6.07) is 5.02. The Balaban J connectivity index is 2.08. The van der Waals surface area contributed by atoms with E-state index in [2.05, 4.69) is 10.3 Å². The molecule has 0 aliphatic carbocycles. The molecule has 116 valence electrons. The van der Waals surface area contributed by atoms with Crippen LogP contribution in [-0.4, -0.2) is 22.5 Å². The Bertz CT molecular complexity index is 688. The lowest BCUT2D eigenvalue weighted by Gasteiger charge is -2.24. The van der Waals surface area contributed by atoms with E-state index in [0.29, 0.717) is 6.07 Å². The van der Waals surface area contributed by atoms with Crippen molar-refractivity contribution in [2.24, 2.45) is 0 Å². The van der Waals surface area contributed by atoms with Crippen molar-refractivity contribution < 1.29 is 23.1 Å². The van der Waals surface area contributed by atoms with Crippen molar-refractivity contribution >= 4 is 5.91 Å². The summed E-state index contributed by atoms with van der Waals surface area (Å²) in [6.07, 6.45) is 1.04. The summed E-state index contributed by atoms with van der Waals surface area (Å²) in [5.74, 6) is -3.01. The van der Waals surface area contributed by atoms with Crippen LogP contribution in [0.4, 0.5) is 13.2 Å². The van der Waals surface area contributed by atoms with Crippen molar-refractivity contribution in [3.8, 4) is 0 Å². The van der Waals surface area contributed by atoms with E-state index in [1.165, 1.54) is 13.0 Å². The van der Waals surface area contributed by atoms with Gasteiger partial charge in [-0.25, -0.2) is 13.8 Å². The molecule has 1 heterocycles. The second-order valence-corrected chi connectivity index (χ2v) is 4.95. The molecule has 0 aliphatic heterocycles. The lowest BCUT2D eigenvalue weighted by molar-refractivity contribution is 0.0494. The van der Waals surface area contributed by atoms with E-state index in [1.54, 1.807) is 0 Å². The predicted molar refractivity (Wildman–Crippen MR) is 72.5 cm³/mol. The highest BCUT2D eigenvalue weighted by Crippen LogP contribution is 2.23. The average molecular weight is 310 g/mol. The number of aromatic nitrogens is 1. The molecule has 1 atom stereocenters. The van der Waals surface area contributed by atoms with Gasteiger partial charge in [-0.1, -0.05) is 6.07 Å². The summed E-state index contributed by atoms with van der Waals surface area (Å²) in [5.41, 5.74) is -1.79. The third kappa shape index (κ3) is 3.62. The molecule has 0 bridgehead atoms. The van der Waals surface area contributed by atoms with Crippen LogP contribution in [-0.2, 0) is 5.60 Å². The number of hydrogen-bond acceptors (Lipinski definition) is 3. The summed E-state index contributed by atoms with van der Waals surface area (Å²) < 4.78 is 39.2. The van der Waals surface area contributed by atoms with Crippen LogP contribution in [0.2, 0.25) is 0 Å². The fourth-order valence-electron chi connectivity index (χ4n) is 1.89. The minimum atomic E-state index is -1.74. The van der Waals surface area contributed by atoms with Gasteiger partial charge in [0.15, 0.2) is 0 Å². The molecule has 4 nitrogen and oxygen atoms in total. The normalized spacial score (nSPS) is 13.5. The lowest BCUT2D eigenvalue weighted by atomic mass is 9.95. The number of benzene rings is 1. The first kappa shape index (κ1) is 16.0. The number of carbonyl (C=O) groups is 1. The van der Waals surface area contributed by atoms with Gasteiger partial charge in [0.2, 0.25) is 5.95 Å². The molecule has 2 rings (SSSR count). The molecule has 1 unspecified atom stereocenters. The highest BCUT2D eigenvalue weighted by molar-refractivity contribution is 5.93. The Morgan fingerprint density at radius 2 is 2.00 bits per heavy atom. The number of rotatable bonds is 4. The van der Waals surface area contributed by atoms with E-state index in [0.717, 1.165) is 24.4 Å². The van der Waals surface area contributed by atoms with Crippen LogP contribution in [0.5, 0.6) is 0 Å². The van der Waals surface area contributed by atoms with Gasteiger partial charge < -0.3 is 10.4 Å². The maximum Gasteiger partial charge on any atom is 0.252 e. The Hall–Kier alpha value is -2.41. The Labute approximate surface area is 124 Å². The largest absolute Gasteiger partial charge is 0.383 e. The fraction of sp³-hybridized carbons (Fsp3) is 0.200. The van der Waals surface area contributed by atoms with Gasteiger partial charge in [-0.3, -0.25) is 4.79 Å². The lowest BCUT2D eigenvalue weighted by Crippen LogP contribution is -2.39. The maximum atomic E-state index is 13.7. The highest BCUT2D eigenvalue weighted by Gasteiger charge is 2.27. The van der Waals surface area contributed by atoms with Crippen LogP contribution in [0.1, 0.15) is 22.8 Å². The molecule has 7 heteroatoms. The number of amides is 1. The first-order chi connectivity index (χ1) is 10.3. The molecule has 0 radical (unpaired) electrons. The molecule has 1 aromatic heterocycles. The minimum absolute atomic E-state index is 0.0942. The van der Waals surface area contributed by atoms with Gasteiger partial charge in [-0.05, 0) is 25.1 Å². The molecule has 0 fully saturated rings. The standard InChI is InChI=1S/C15H13F3N2O2/c1-15(22,11-4-3-10(16)6-12(11)17)8-20-14(21)9-2-5-13(18)19-7-9/h2-7,22H,8H2,1H3,(H,20,21). The summed E-state index contributed by atoms with van der Waals surface area (Å²) in [6.45, 7) is 0.971. The van der Waals surface area contributed by atoms with Crippen molar-refractivity contribution in [3.63, 3.8) is 0 Å². The van der Waals surface area contributed by atoms with Crippen molar-refractivity contribution in [2.75, 3.05) is 6.54 Å². The molecule has 2 aromatic rings. The molecule has 0 saturated heterocycles. The molecule has 1 aromatic carbocycles. The number of carbonyl (C=O) groups excluding carboxylic acids is 1. The number of aliphatic hydroxyl groups is 1. The topological polar surface area (TPSA) is 62.2 Å². The molecule has 0 saturated carbocycles. The van der Waals surface area contributed by atoms with Gasteiger partial charge in [0, 0.05) is 17.8 Å². The van der Waals surface area contributed by atoms with Crippen molar-refractivity contribution in [1.29, 1.82) is 0 Å². The van der Waals surface area contributed by atoms with Gasteiger partial charge in [0.1, 0.15) is 17.2 Å². The van der Waals surface area contributed by atoms with E-state index >= 15 is 0 Å². The van der Waals surface area contributed by atoms with Crippen molar-refractivity contribution in [1.82, 2.24) is 10.3 Å². The van der Waals surface area contributed by atoms with Gasteiger partial charge in [-0.2, -0.15) is 4.39 Å². The van der Waals surface area contributed by atoms with E-state index in [1.807, 2.05) is 0 Å². The zero-order chi connectivity index (χ0) is 16.3. The zero-order valence-corrected chi connectivity index (χ0v) is 11.6. The second kappa shape index (κ2) is 6.15. The molecule has 1 amide bonds. The van der Waals surface area contributed by atoms with Gasteiger partial charge in [0.25, 0.3) is 5.91 Å². The molecule has 0 spiro atoms. The molecular formula is C15H13F3N2O2. The Morgan fingerprint density at radius 3 is 2.59 bits per heavy atom. The number of halogens is 3. The summed E-state index contributed by atoms with van der Waals surface area (Å²) in [7, 11) is 0. The first-order valence-corrected chi connectivity index (χ1v) is 6.37.